The zero-order valence-corrected chi connectivity index (χ0v) is 34.5. The maximum atomic E-state index is 11.8. The van der Waals surface area contributed by atoms with Gasteiger partial charge in [-0.05, 0) is 52.4 Å². The number of aliphatic carboxylic acids is 1. The summed E-state index contributed by atoms with van der Waals surface area (Å²) in [6.45, 7) is 6.20. The van der Waals surface area contributed by atoms with Gasteiger partial charge in [0.15, 0.2) is 11.6 Å². The molecule has 2 saturated carbocycles. The monoisotopic (exact) mass is 817 g/mol. The molecule has 0 saturated heterocycles. The Kier molecular flexibility index (Phi) is 19.6. The molecule has 4 rings (SSSR count). The zero-order chi connectivity index (χ0) is 40.4. The Hall–Kier alpha value is -3.00. The minimum absolute atomic E-state index is 0.0422. The molecule has 2 aromatic rings. The lowest BCUT2D eigenvalue weighted by Gasteiger charge is -2.22. The van der Waals surface area contributed by atoms with Crippen LogP contribution >= 0.6 is 0 Å². The van der Waals surface area contributed by atoms with Gasteiger partial charge in [-0.25, -0.2) is 31.8 Å². The first-order valence-electron chi connectivity index (χ1n) is 19.9. The number of carbonyl (C=O) groups excluding carboxylic acids is 1. The average Bonchev–Trinajstić information content (AvgIpc) is 3.84. The van der Waals surface area contributed by atoms with Crippen molar-refractivity contribution in [3.63, 3.8) is 0 Å². The average molecular weight is 818 g/mol. The van der Waals surface area contributed by atoms with Crippen molar-refractivity contribution in [2.24, 2.45) is 11.8 Å². The van der Waals surface area contributed by atoms with Gasteiger partial charge in [0.2, 0.25) is 37.7 Å². The fourth-order valence-electron chi connectivity index (χ4n) is 7.04. The number of carbonyl (C=O) groups is 2. The predicted molar refractivity (Wildman–Crippen MR) is 204 cm³/mol. The fraction of sp³-hybridized carbons (Fsp3) is 0.833. The van der Waals surface area contributed by atoms with E-state index in [4.69, 9.17) is 14.3 Å². The molecule has 2 heterocycles. The van der Waals surface area contributed by atoms with Crippen molar-refractivity contribution in [2.75, 3.05) is 0 Å². The quantitative estimate of drug-likeness (QED) is 0.0692. The van der Waals surface area contributed by atoms with Crippen LogP contribution in [0.1, 0.15) is 179 Å². The number of nitrogens with one attached hydrogen (secondary N) is 3. The molecule has 0 radical (unpaired) electrons. The summed E-state index contributed by atoms with van der Waals surface area (Å²) in [5, 5.41) is 24.6. The summed E-state index contributed by atoms with van der Waals surface area (Å²) in [6, 6.07) is 0. The van der Waals surface area contributed by atoms with Crippen molar-refractivity contribution in [3.05, 3.63) is 23.4 Å². The van der Waals surface area contributed by atoms with E-state index >= 15 is 0 Å². The lowest BCUT2D eigenvalue weighted by Crippen LogP contribution is -2.30. The maximum absolute atomic E-state index is 11.8. The summed E-state index contributed by atoms with van der Waals surface area (Å²) in [4.78, 5) is 31.3. The Bertz CT molecular complexity index is 1650. The van der Waals surface area contributed by atoms with Crippen molar-refractivity contribution < 1.29 is 45.8 Å². The first-order valence-corrected chi connectivity index (χ1v) is 23.0. The number of carboxylic acid groups (broad SMARTS) is 1. The molecule has 55 heavy (non-hydrogen) atoms. The zero-order valence-electron chi connectivity index (χ0n) is 32.9. The number of sulfonamides is 2. The minimum Gasteiger partial charge on any atom is -0.481 e. The summed E-state index contributed by atoms with van der Waals surface area (Å²) in [5.74, 6) is 0.440. The Morgan fingerprint density at radius 1 is 0.691 bits per heavy atom. The molecule has 0 aromatic carbocycles. The molecule has 2 atom stereocenters. The van der Waals surface area contributed by atoms with E-state index in [1.165, 1.54) is 64.2 Å². The van der Waals surface area contributed by atoms with Gasteiger partial charge in [0.25, 0.3) is 0 Å². The second-order valence-corrected chi connectivity index (χ2v) is 20.2. The molecule has 314 valence electrons. The summed E-state index contributed by atoms with van der Waals surface area (Å²) < 4.78 is 62.7. The Morgan fingerprint density at radius 2 is 1.09 bits per heavy atom. The van der Waals surface area contributed by atoms with Gasteiger partial charge in [0.1, 0.15) is 0 Å². The summed E-state index contributed by atoms with van der Waals surface area (Å²) in [6.07, 6.45) is 18.3. The third-order valence-corrected chi connectivity index (χ3v) is 14.1. The molecule has 2 aliphatic carbocycles. The third kappa shape index (κ3) is 16.9. The van der Waals surface area contributed by atoms with E-state index < -0.39 is 42.4 Å². The van der Waals surface area contributed by atoms with Gasteiger partial charge >= 0.3 is 5.97 Å². The molecule has 5 N–H and O–H groups in total. The van der Waals surface area contributed by atoms with E-state index in [9.17, 15) is 31.5 Å². The number of hydrogen-bond donors (Lipinski definition) is 5. The van der Waals surface area contributed by atoms with Crippen molar-refractivity contribution in [2.45, 2.75) is 179 Å². The van der Waals surface area contributed by atoms with E-state index in [0.717, 1.165) is 37.5 Å². The van der Waals surface area contributed by atoms with Crippen LogP contribution in [0, 0.1) is 11.8 Å². The van der Waals surface area contributed by atoms with E-state index in [0.29, 0.717) is 18.7 Å². The van der Waals surface area contributed by atoms with Crippen molar-refractivity contribution >= 4 is 31.9 Å². The van der Waals surface area contributed by atoms with Gasteiger partial charge in [-0.3, -0.25) is 14.8 Å². The highest BCUT2D eigenvalue weighted by molar-refractivity contribution is 7.90. The second-order valence-electron chi connectivity index (χ2n) is 15.5. The molecule has 0 spiro atoms. The molecule has 0 unspecified atom stereocenters. The predicted octanol–water partition coefficient (Wildman–Crippen LogP) is 5.83. The van der Waals surface area contributed by atoms with Crippen LogP contribution in [0.15, 0.2) is 9.05 Å². The van der Waals surface area contributed by atoms with E-state index in [1.807, 2.05) is 0 Å². The highest BCUT2D eigenvalue weighted by Crippen LogP contribution is 2.32. The number of carboxylic acids is 1. The fourth-order valence-corrected chi connectivity index (χ4v) is 8.36. The second kappa shape index (κ2) is 23.3. The Balaban J connectivity index is 0.000000296. The third-order valence-electron chi connectivity index (χ3n) is 10.5. The number of amides is 1. The maximum Gasteiger partial charge on any atom is 0.304 e. The molecule has 0 bridgehead atoms. The van der Waals surface area contributed by atoms with Crippen LogP contribution in [0.4, 0.5) is 0 Å². The normalized spacial score (nSPS) is 17.1. The smallest absolute Gasteiger partial charge is 0.304 e. The number of nitrogens with zero attached hydrogens (tertiary/aromatic N) is 4. The first-order chi connectivity index (χ1) is 26.1. The Morgan fingerprint density at radius 3 is 1.45 bits per heavy atom. The van der Waals surface area contributed by atoms with Crippen LogP contribution in [0.25, 0.3) is 0 Å². The molecule has 0 aliphatic heterocycles. The molecule has 2 aliphatic rings. The first kappa shape index (κ1) is 46.4. The Labute approximate surface area is 326 Å². The van der Waals surface area contributed by atoms with Gasteiger partial charge in [0, 0.05) is 18.3 Å². The summed E-state index contributed by atoms with van der Waals surface area (Å²) in [5.41, 5.74) is 1.65. The summed E-state index contributed by atoms with van der Waals surface area (Å²) in [7, 11) is -6.84. The van der Waals surface area contributed by atoms with Crippen LogP contribution in [-0.4, -0.2) is 69.8 Å². The van der Waals surface area contributed by atoms with Gasteiger partial charge in [-0.15, -0.1) is 0 Å². The minimum atomic E-state index is -3.43. The van der Waals surface area contributed by atoms with Crippen LogP contribution in [0.5, 0.6) is 0 Å². The molecule has 2 aromatic heterocycles. The van der Waals surface area contributed by atoms with Gasteiger partial charge in [-0.2, -0.15) is 9.97 Å². The van der Waals surface area contributed by atoms with Gasteiger partial charge in [0.05, 0.1) is 30.0 Å². The van der Waals surface area contributed by atoms with Crippen LogP contribution < -0.4 is 14.9 Å². The van der Waals surface area contributed by atoms with Crippen molar-refractivity contribution in [1.82, 2.24) is 35.2 Å². The number of hydrogen-bond acceptors (Lipinski definition) is 13. The van der Waals surface area contributed by atoms with E-state index in [2.05, 4.69) is 29.7 Å². The highest BCUT2D eigenvalue weighted by atomic mass is 32.2. The number of aromatic nitrogens is 4. The van der Waals surface area contributed by atoms with Crippen molar-refractivity contribution in [1.29, 1.82) is 0 Å². The van der Waals surface area contributed by atoms with Crippen LogP contribution in [-0.2, 0) is 42.7 Å². The van der Waals surface area contributed by atoms with Crippen LogP contribution in [0.3, 0.4) is 0 Å². The standard InChI is InChI=1S/C18H32N4O5S.C18H31N3O5S/c1-13(2)28(25,26)19-12-16-20-18(27-22-16)15(11-17(23)21-24)10-6-9-14-7-4-3-5-8-14;1-13(2)27(24,25)19-12-16-20-18(26-21-16)15(11-17(22)23)10-6-9-14-7-4-3-5-8-14/h13-15,19,24H,3-12H2,1-2H3,(H,21,23);13-15,19H,3-12H2,1-2H3,(H,22,23)/t2*15-/m11/s1. The SMILES string of the molecule is CC(C)S(=O)(=O)NCc1noc([C@H](CCCC2CCCCC2)CC(=O)NO)n1.CC(C)S(=O)(=O)NCc1noc([C@H](CCCC2CCCCC2)CC(=O)O)n1. The molecule has 17 nitrogen and oxygen atoms in total. The lowest BCUT2D eigenvalue weighted by molar-refractivity contribution is -0.137. The van der Waals surface area contributed by atoms with Crippen LogP contribution in [0.2, 0.25) is 0 Å². The molecular formula is C36H63N7O10S2. The number of hydroxylamine groups is 1. The largest absolute Gasteiger partial charge is 0.481 e. The molecule has 2 fully saturated rings. The molecular weight excluding hydrogens is 755 g/mol. The van der Waals surface area contributed by atoms with Crippen molar-refractivity contribution in [3.8, 4) is 0 Å². The topological polar surface area (TPSA) is 257 Å². The summed E-state index contributed by atoms with van der Waals surface area (Å²) >= 11 is 0. The molecule has 19 heteroatoms. The van der Waals surface area contributed by atoms with E-state index in [-0.39, 0.29) is 55.3 Å². The van der Waals surface area contributed by atoms with E-state index in [1.54, 1.807) is 33.2 Å². The lowest BCUT2D eigenvalue weighted by atomic mass is 9.84. The van der Waals surface area contributed by atoms with Gasteiger partial charge < -0.3 is 14.2 Å². The highest BCUT2D eigenvalue weighted by Gasteiger charge is 2.26. The van der Waals surface area contributed by atoms with Gasteiger partial charge in [-0.1, -0.05) is 100 Å². The molecule has 1 amide bonds. The number of rotatable bonds is 22.